The number of hydrogen-bond donors (Lipinski definition) is 0. The van der Waals surface area contributed by atoms with Crippen molar-refractivity contribution in [2.24, 2.45) is 30.0 Å². The summed E-state index contributed by atoms with van der Waals surface area (Å²) in [6.45, 7) is 11.2. The Balaban J connectivity index is 0.000000301. The van der Waals surface area contributed by atoms with Crippen molar-refractivity contribution in [2.75, 3.05) is 26.7 Å². The first-order valence-electron chi connectivity index (χ1n) is 34.0. The molecule has 0 amide bonds. The van der Waals surface area contributed by atoms with E-state index in [4.69, 9.17) is 34.3 Å². The average molecular weight is 1490 g/mol. The number of aromatic nitrogens is 2. The van der Waals surface area contributed by atoms with Crippen molar-refractivity contribution < 1.29 is 63.5 Å². The van der Waals surface area contributed by atoms with Crippen molar-refractivity contribution in [1.29, 1.82) is 0 Å². The van der Waals surface area contributed by atoms with Gasteiger partial charge in [-0.1, -0.05) is 97.8 Å². The van der Waals surface area contributed by atoms with Crippen LogP contribution in [-0.4, -0.2) is 123 Å². The van der Waals surface area contributed by atoms with Crippen LogP contribution in [0.2, 0.25) is 0 Å². The Hall–Kier alpha value is -7.32. The van der Waals surface area contributed by atoms with Gasteiger partial charge in [-0.15, -0.1) is 0 Å². The molecular formula is C73H76GaN9O13S4-3. The molecule has 6 heterocycles. The number of quaternary nitrogens is 1. The standard InChI is InChI=1S/C48H24N8O12S4.C25H54N.Ga.H2O/c57-67-68-69-37-9-1-5-21-13-29-33(17-25(21)37)45-49-41(29)51-46-35-19-27-23(7-3-11-39(27)71(61,62)63)15-31(35)43(53-46)55-48-36-20-28-24(8-4-12-40(28)72(64,65)66)16-32(36)44(56-48)54-47-34-18-26-22(14-30(34)42(50-45)52-47)6-2-10-38(26)70(58,59)60;1-5-8-11-14-17-20-23-26(4,24-21-18-15-12-9-6-2)25-22-19-16-13-10-7-3;;/h1-20H,(H4-2,49,50,51,52,53,54,55,56,57,58,59,60,61,62,63,64,65,66);5-25H2,1-4H3;;1H2/q-2;+1;+2;/p-4. The topological polar surface area (TPSA) is 329 Å². The van der Waals surface area contributed by atoms with Gasteiger partial charge in [0, 0.05) is 0 Å². The zero-order valence-electron chi connectivity index (χ0n) is 56.0. The summed E-state index contributed by atoms with van der Waals surface area (Å²) in [4.78, 5) is 30.2. The van der Waals surface area contributed by atoms with E-state index in [-0.39, 0.29) is 62.1 Å². The molecule has 1 radical (unpaired) electrons. The molecule has 6 bridgehead atoms. The Labute approximate surface area is 592 Å². The van der Waals surface area contributed by atoms with Gasteiger partial charge in [-0.25, -0.2) is 0 Å². The quantitative estimate of drug-likeness (QED) is 0.00880. The summed E-state index contributed by atoms with van der Waals surface area (Å²) in [6.07, 6.45) is 25.9. The zero-order valence-corrected chi connectivity index (χ0v) is 61.7. The van der Waals surface area contributed by atoms with Crippen LogP contribution in [0, 0.1) is 0 Å². The molecule has 0 fully saturated rings. The predicted molar refractivity (Wildman–Crippen MR) is 388 cm³/mol. The van der Waals surface area contributed by atoms with Crippen molar-refractivity contribution in [2.45, 2.75) is 156 Å². The van der Waals surface area contributed by atoms with E-state index in [9.17, 15) is 44.2 Å². The molecule has 4 aliphatic rings. The van der Waals surface area contributed by atoms with E-state index in [1.807, 2.05) is 24.7 Å². The summed E-state index contributed by atoms with van der Waals surface area (Å²) in [5.74, 6) is 1.07. The van der Waals surface area contributed by atoms with Gasteiger partial charge < -0.3 is 9.96 Å². The van der Waals surface area contributed by atoms with Gasteiger partial charge in [0.2, 0.25) is 0 Å². The number of hydrogen-bond acceptors (Lipinski definition) is 19. The van der Waals surface area contributed by atoms with Crippen LogP contribution in [0.1, 0.15) is 159 Å². The van der Waals surface area contributed by atoms with Crippen LogP contribution in [0.15, 0.2) is 171 Å². The molecular weight excluding hydrogens is 1410 g/mol. The number of rotatable bonds is 27. The second kappa shape index (κ2) is 30.3. The molecule has 100 heavy (non-hydrogen) atoms. The first-order chi connectivity index (χ1) is 47.7. The zero-order chi connectivity index (χ0) is 69.4. The molecule has 22 nitrogen and oxygen atoms in total. The number of fused-ring (bicyclic) bond motifs is 18. The van der Waals surface area contributed by atoms with Gasteiger partial charge in [0.05, 0.1) is 26.7 Å². The molecule has 8 aromatic carbocycles. The summed E-state index contributed by atoms with van der Waals surface area (Å²) in [5.41, 5.74) is 2.28. The van der Waals surface area contributed by atoms with Crippen LogP contribution in [0.25, 0.3) is 64.6 Å². The Morgan fingerprint density at radius 2 is 0.760 bits per heavy atom. The Kier molecular flexibility index (Phi) is 22.0. The van der Waals surface area contributed by atoms with Crippen LogP contribution in [0.4, 0.5) is 11.6 Å². The summed E-state index contributed by atoms with van der Waals surface area (Å²) >= 11 is -1.74. The van der Waals surface area contributed by atoms with Gasteiger partial charge in [0.15, 0.2) is 0 Å². The van der Waals surface area contributed by atoms with Crippen LogP contribution in [0.3, 0.4) is 0 Å². The third-order valence-corrected chi connectivity index (χ3v) is 25.7. The molecule has 0 unspecified atom stereocenters. The molecule has 4 aliphatic heterocycles. The SMILES string of the molecule is CCCCCCCC[N+](C)(CCCCCCCC)CCCCCCCC.O.O=S(=O)([O-])c1cccc2cc3c(cc12)C1=Nc2c4cc5cccc(S(=O)(=O)[O-])c5cc4c4[n]2[Ga][n]2c(c5cc6cccc(S(=O)(=O)[O-])c6cc5c2=NC3=N1)=NC1=NC(=N4)c2cc3cccc(SOO[O-])c3cc21. The summed E-state index contributed by atoms with van der Waals surface area (Å²) in [5, 5.41) is 19.1. The van der Waals surface area contributed by atoms with Gasteiger partial charge in [-0.05, 0) is 38.5 Å². The van der Waals surface area contributed by atoms with Gasteiger partial charge in [0.1, 0.15) is 0 Å². The minimum atomic E-state index is -5.02. The minimum absolute atomic E-state index is 0. The molecule has 2 N–H and O–H groups in total. The maximum absolute atomic E-state index is 12.8. The normalized spacial score (nSPS) is 14.0. The van der Waals surface area contributed by atoms with E-state index in [0.29, 0.717) is 93.2 Å². The van der Waals surface area contributed by atoms with E-state index >= 15 is 0 Å². The Bertz CT molecular complexity index is 5480. The van der Waals surface area contributed by atoms with E-state index < -0.39 is 62.9 Å². The molecule has 27 heteroatoms. The number of unbranched alkanes of at least 4 members (excludes halogenated alkanes) is 15. The molecule has 0 atom stereocenters. The summed E-state index contributed by atoms with van der Waals surface area (Å²) < 4.78 is 125. The Morgan fingerprint density at radius 1 is 0.410 bits per heavy atom. The third-order valence-electron chi connectivity index (χ3n) is 19.4. The van der Waals surface area contributed by atoms with Crippen LogP contribution < -0.4 is 16.2 Å². The molecule has 2 aromatic heterocycles. The van der Waals surface area contributed by atoms with Crippen LogP contribution in [0.5, 0.6) is 0 Å². The first-order valence-corrected chi connectivity index (χ1v) is 41.2. The molecule has 0 spiro atoms. The van der Waals surface area contributed by atoms with Gasteiger partial charge >= 0.3 is 424 Å². The van der Waals surface area contributed by atoms with Gasteiger partial charge in [-0.2, -0.15) is 0 Å². The molecule has 10 aromatic rings. The van der Waals surface area contributed by atoms with Crippen molar-refractivity contribution in [3.63, 3.8) is 0 Å². The molecule has 0 aliphatic carbocycles. The first kappa shape index (κ1) is 72.5. The fourth-order valence-electron chi connectivity index (χ4n) is 14.3. The van der Waals surface area contributed by atoms with Crippen molar-refractivity contribution >= 4 is 160 Å². The van der Waals surface area contributed by atoms with E-state index in [2.05, 4.69) is 32.9 Å². The second-order valence-corrected chi connectivity index (χ2v) is 33.7. The number of nitrogens with zero attached hydrogens (tertiary/aromatic N) is 9. The van der Waals surface area contributed by atoms with E-state index in [0.717, 1.165) is 0 Å². The number of benzene rings is 8. The third kappa shape index (κ3) is 14.8. The fourth-order valence-corrected chi connectivity index (χ4v) is 19.9. The number of amidine groups is 4. The molecule has 14 rings (SSSR count). The van der Waals surface area contributed by atoms with Crippen molar-refractivity contribution in [3.05, 3.63) is 155 Å². The van der Waals surface area contributed by atoms with Gasteiger partial charge in [-0.3, -0.25) is 0 Å². The van der Waals surface area contributed by atoms with Crippen LogP contribution in [-0.2, 0) is 39.7 Å². The second-order valence-electron chi connectivity index (χ2n) is 26.3. The van der Waals surface area contributed by atoms with E-state index in [1.165, 1.54) is 182 Å². The summed E-state index contributed by atoms with van der Waals surface area (Å²) in [6, 6.07) is 31.7. The monoisotopic (exact) mass is 1480 g/mol. The maximum atomic E-state index is 12.8. The van der Waals surface area contributed by atoms with E-state index in [1.54, 1.807) is 60.7 Å². The predicted octanol–water partition coefficient (Wildman–Crippen LogP) is 12.7. The number of aliphatic imine (C=N–C) groups is 4. The average Bonchev–Trinajstić information content (AvgIpc) is 1.53. The van der Waals surface area contributed by atoms with Crippen molar-refractivity contribution in [3.8, 4) is 0 Å². The molecule has 0 saturated heterocycles. The molecule has 521 valence electrons. The van der Waals surface area contributed by atoms with Crippen molar-refractivity contribution in [1.82, 2.24) is 6.55 Å². The fraction of sp³-hybridized carbons (Fsp3) is 0.342. The molecule has 0 saturated carbocycles. The van der Waals surface area contributed by atoms with Crippen LogP contribution >= 0.6 is 12.0 Å². The van der Waals surface area contributed by atoms with Gasteiger partial charge in [0.25, 0.3) is 0 Å². The Morgan fingerprint density at radius 3 is 1.21 bits per heavy atom. The summed E-state index contributed by atoms with van der Waals surface area (Å²) in [7, 11) is -12.5.